The first kappa shape index (κ1) is 13.0. The van der Waals surface area contributed by atoms with Crippen molar-refractivity contribution in [3.8, 4) is 0 Å². The Morgan fingerprint density at radius 1 is 1.32 bits per heavy atom. The monoisotopic (exact) mass is 333 g/mol. The first-order chi connectivity index (χ1) is 8.82. The van der Waals surface area contributed by atoms with Gasteiger partial charge < -0.3 is 4.90 Å². The summed E-state index contributed by atoms with van der Waals surface area (Å²) >= 11 is 3.32. The largest absolute Gasteiger partial charge is 0.471 e. The van der Waals surface area contributed by atoms with Crippen LogP contribution in [-0.2, 0) is 16.8 Å². The molecule has 3 rings (SSSR count). The van der Waals surface area contributed by atoms with Crippen molar-refractivity contribution in [2.45, 2.75) is 31.0 Å². The van der Waals surface area contributed by atoms with Crippen molar-refractivity contribution < 1.29 is 18.0 Å². The maximum Gasteiger partial charge on any atom is 0.471 e. The Morgan fingerprint density at radius 3 is 2.58 bits per heavy atom. The first-order valence-corrected chi connectivity index (χ1v) is 6.76. The Bertz CT molecular complexity index is 551. The number of amides is 1. The fourth-order valence-corrected chi connectivity index (χ4v) is 3.23. The van der Waals surface area contributed by atoms with E-state index in [-0.39, 0.29) is 18.5 Å². The van der Waals surface area contributed by atoms with E-state index < -0.39 is 12.1 Å². The molecule has 0 bridgehead atoms. The second-order valence-corrected chi connectivity index (χ2v) is 6.16. The Kier molecular flexibility index (Phi) is 2.71. The molecule has 0 N–H and O–H groups in total. The third-order valence-electron chi connectivity index (χ3n) is 3.88. The summed E-state index contributed by atoms with van der Waals surface area (Å²) in [6.45, 7) is 0.217. The summed E-state index contributed by atoms with van der Waals surface area (Å²) in [4.78, 5) is 12.4. The molecule has 1 heterocycles. The maximum absolute atomic E-state index is 12.6. The van der Waals surface area contributed by atoms with Crippen molar-refractivity contribution in [3.05, 3.63) is 33.8 Å². The molecule has 1 aliphatic carbocycles. The molecule has 2 nitrogen and oxygen atoms in total. The predicted octanol–water partition coefficient (Wildman–Crippen LogP) is 3.39. The van der Waals surface area contributed by atoms with E-state index in [0.29, 0.717) is 0 Å². The molecule has 2 aliphatic rings. The number of carbonyl (C=O) groups excluding carboxylic acids is 1. The Balaban J connectivity index is 1.97. The Hall–Kier alpha value is -1.04. The maximum atomic E-state index is 12.6. The van der Waals surface area contributed by atoms with Crippen molar-refractivity contribution in [2.24, 2.45) is 0 Å². The van der Waals surface area contributed by atoms with E-state index in [1.807, 2.05) is 18.2 Å². The fourth-order valence-electron chi connectivity index (χ4n) is 2.82. The van der Waals surface area contributed by atoms with Crippen LogP contribution in [-0.4, -0.2) is 23.5 Å². The number of halogens is 4. The zero-order valence-electron chi connectivity index (χ0n) is 9.93. The zero-order valence-corrected chi connectivity index (χ0v) is 11.5. The molecular formula is C13H11BrF3NO. The molecule has 1 aromatic carbocycles. The molecule has 102 valence electrons. The molecule has 19 heavy (non-hydrogen) atoms. The first-order valence-electron chi connectivity index (χ1n) is 5.97. The van der Waals surface area contributed by atoms with Crippen molar-refractivity contribution >= 4 is 21.8 Å². The van der Waals surface area contributed by atoms with Crippen molar-refractivity contribution in [2.75, 3.05) is 6.54 Å². The third-order valence-corrected chi connectivity index (χ3v) is 4.37. The van der Waals surface area contributed by atoms with Gasteiger partial charge in [0.2, 0.25) is 0 Å². The van der Waals surface area contributed by atoms with E-state index in [1.54, 1.807) is 0 Å². The summed E-state index contributed by atoms with van der Waals surface area (Å²) in [7, 11) is 0. The number of carbonyl (C=O) groups is 1. The summed E-state index contributed by atoms with van der Waals surface area (Å²) in [6, 6.07) is 5.67. The van der Waals surface area contributed by atoms with Crippen LogP contribution in [0.25, 0.3) is 0 Å². The van der Waals surface area contributed by atoms with Gasteiger partial charge in [0.05, 0.1) is 0 Å². The lowest BCUT2D eigenvalue weighted by Crippen LogP contribution is -2.47. The molecule has 1 aliphatic heterocycles. The van der Waals surface area contributed by atoms with Crippen LogP contribution in [0.5, 0.6) is 0 Å². The molecule has 0 radical (unpaired) electrons. The molecular weight excluding hydrogens is 323 g/mol. The van der Waals surface area contributed by atoms with Gasteiger partial charge in [-0.25, -0.2) is 0 Å². The molecule has 0 unspecified atom stereocenters. The van der Waals surface area contributed by atoms with Crippen LogP contribution in [0.3, 0.4) is 0 Å². The SMILES string of the molecule is O=C(N1Cc2cc(Br)ccc2C2(CC2)C1)C(F)(F)F. The lowest BCUT2D eigenvalue weighted by molar-refractivity contribution is -0.187. The van der Waals surface area contributed by atoms with Gasteiger partial charge in [-0.1, -0.05) is 22.0 Å². The van der Waals surface area contributed by atoms with Gasteiger partial charge in [-0.3, -0.25) is 4.79 Å². The van der Waals surface area contributed by atoms with Gasteiger partial charge in [-0.2, -0.15) is 13.2 Å². The summed E-state index contributed by atoms with van der Waals surface area (Å²) in [5, 5.41) is 0. The van der Waals surface area contributed by atoms with Gasteiger partial charge >= 0.3 is 12.1 Å². The van der Waals surface area contributed by atoms with Crippen molar-refractivity contribution in [3.63, 3.8) is 0 Å². The van der Waals surface area contributed by atoms with Crippen LogP contribution in [0.1, 0.15) is 24.0 Å². The standard InChI is InChI=1S/C13H11BrF3NO/c14-9-1-2-10-8(5-9)6-18(7-12(10)3-4-12)11(19)13(15,16)17/h1-2,5H,3-4,6-7H2. The second-order valence-electron chi connectivity index (χ2n) is 5.24. The molecule has 6 heteroatoms. The minimum atomic E-state index is -4.79. The van der Waals surface area contributed by atoms with E-state index >= 15 is 0 Å². The third kappa shape index (κ3) is 2.16. The van der Waals surface area contributed by atoms with Crippen LogP contribution in [0.15, 0.2) is 22.7 Å². The fraction of sp³-hybridized carbons (Fsp3) is 0.462. The number of rotatable bonds is 0. The molecule has 1 saturated carbocycles. The van der Waals surface area contributed by atoms with E-state index in [1.165, 1.54) is 0 Å². The number of hydrogen-bond donors (Lipinski definition) is 0. The normalized spacial score (nSPS) is 20.3. The zero-order chi connectivity index (χ0) is 13.8. The van der Waals surface area contributed by atoms with E-state index in [0.717, 1.165) is 33.3 Å². The highest BCUT2D eigenvalue weighted by atomic mass is 79.9. The Morgan fingerprint density at radius 2 is 2.00 bits per heavy atom. The molecule has 1 fully saturated rings. The Labute approximate surface area is 116 Å². The lowest BCUT2D eigenvalue weighted by atomic mass is 9.87. The van der Waals surface area contributed by atoms with E-state index in [2.05, 4.69) is 15.9 Å². The number of nitrogens with zero attached hydrogens (tertiary/aromatic N) is 1. The molecule has 0 aromatic heterocycles. The van der Waals surface area contributed by atoms with E-state index in [4.69, 9.17) is 0 Å². The summed E-state index contributed by atoms with van der Waals surface area (Å²) in [5.41, 5.74) is 1.67. The molecule has 1 aromatic rings. The highest BCUT2D eigenvalue weighted by Crippen LogP contribution is 2.53. The molecule has 0 atom stereocenters. The van der Waals surface area contributed by atoms with Crippen LogP contribution in [0, 0.1) is 0 Å². The number of hydrogen-bond acceptors (Lipinski definition) is 1. The summed E-state index contributed by atoms with van der Waals surface area (Å²) < 4.78 is 38.5. The highest BCUT2D eigenvalue weighted by Gasteiger charge is 2.53. The second kappa shape index (κ2) is 3.98. The minimum Gasteiger partial charge on any atom is -0.330 e. The van der Waals surface area contributed by atoms with Gasteiger partial charge in [-0.05, 0) is 36.1 Å². The quantitative estimate of drug-likeness (QED) is 0.712. The van der Waals surface area contributed by atoms with Gasteiger partial charge in [-0.15, -0.1) is 0 Å². The average molecular weight is 334 g/mol. The van der Waals surface area contributed by atoms with Crippen LogP contribution >= 0.6 is 15.9 Å². The van der Waals surface area contributed by atoms with Crippen molar-refractivity contribution in [1.29, 1.82) is 0 Å². The molecule has 0 saturated heterocycles. The highest BCUT2D eigenvalue weighted by molar-refractivity contribution is 9.10. The number of fused-ring (bicyclic) bond motifs is 2. The smallest absolute Gasteiger partial charge is 0.330 e. The molecule has 1 spiro atoms. The van der Waals surface area contributed by atoms with Crippen LogP contribution < -0.4 is 0 Å². The topological polar surface area (TPSA) is 20.3 Å². The number of benzene rings is 1. The molecule has 1 amide bonds. The van der Waals surface area contributed by atoms with Crippen LogP contribution in [0.2, 0.25) is 0 Å². The van der Waals surface area contributed by atoms with Crippen molar-refractivity contribution in [1.82, 2.24) is 4.90 Å². The predicted molar refractivity (Wildman–Crippen MR) is 66.5 cm³/mol. The van der Waals surface area contributed by atoms with E-state index in [9.17, 15) is 18.0 Å². The summed E-state index contributed by atoms with van der Waals surface area (Å²) in [6.07, 6.45) is -3.09. The van der Waals surface area contributed by atoms with Crippen LogP contribution in [0.4, 0.5) is 13.2 Å². The summed E-state index contributed by atoms with van der Waals surface area (Å²) in [5.74, 6) is -1.73. The van der Waals surface area contributed by atoms with Gasteiger partial charge in [0.15, 0.2) is 0 Å². The minimum absolute atomic E-state index is 0.0366. The van der Waals surface area contributed by atoms with Gasteiger partial charge in [0, 0.05) is 23.0 Å². The average Bonchev–Trinajstić information content (AvgIpc) is 3.06. The van der Waals surface area contributed by atoms with Gasteiger partial charge in [0.1, 0.15) is 0 Å². The lowest BCUT2D eigenvalue weighted by Gasteiger charge is -2.35. The van der Waals surface area contributed by atoms with Gasteiger partial charge in [0.25, 0.3) is 0 Å². The number of alkyl halides is 3.